The Bertz CT molecular complexity index is 767. The Hall–Kier alpha value is -0.640. The van der Waals surface area contributed by atoms with Crippen LogP contribution in [0.3, 0.4) is 0 Å². The van der Waals surface area contributed by atoms with Gasteiger partial charge in [0.05, 0.1) is 82.7 Å². The fourth-order valence-corrected chi connectivity index (χ4v) is 7.06. The molecule has 16 heteroatoms. The molecular weight excluding hydrogens is 648 g/mol. The molecule has 50 heavy (non-hydrogen) atoms. The van der Waals surface area contributed by atoms with Gasteiger partial charge in [-0.15, -0.1) is 0 Å². The van der Waals surface area contributed by atoms with E-state index in [1.165, 1.54) is 0 Å². The zero-order valence-corrected chi connectivity index (χ0v) is 30.5. The summed E-state index contributed by atoms with van der Waals surface area (Å²) in [7, 11) is 0. The monoisotopic (exact) mass is 719 g/mol. The van der Waals surface area contributed by atoms with Crippen molar-refractivity contribution in [2.75, 3.05) is 184 Å². The van der Waals surface area contributed by atoms with E-state index in [1.807, 2.05) is 0 Å². The van der Waals surface area contributed by atoms with E-state index >= 15 is 0 Å². The quantitative estimate of drug-likeness (QED) is 0.0479. The van der Waals surface area contributed by atoms with Gasteiger partial charge >= 0.3 is 0 Å². The van der Waals surface area contributed by atoms with Crippen LogP contribution in [0.5, 0.6) is 0 Å². The molecule has 0 aliphatic carbocycles. The number of piperazine rings is 3. The Kier molecular flexibility index (Phi) is 20.7. The molecule has 4 atom stereocenters. The molecule has 0 radical (unpaired) electrons. The van der Waals surface area contributed by atoms with Gasteiger partial charge in [-0.3, -0.25) is 19.6 Å². The Labute approximate surface area is 300 Å². The molecule has 4 aliphatic rings. The van der Waals surface area contributed by atoms with E-state index < -0.39 is 29.8 Å². The van der Waals surface area contributed by atoms with Crippen molar-refractivity contribution in [1.82, 2.24) is 40.9 Å². The Morgan fingerprint density at radius 3 is 0.960 bits per heavy atom. The van der Waals surface area contributed by atoms with Crippen molar-refractivity contribution in [3.63, 3.8) is 0 Å². The van der Waals surface area contributed by atoms with E-state index in [2.05, 4.69) is 40.9 Å². The lowest BCUT2D eigenvalue weighted by Crippen LogP contribution is -2.48. The minimum absolute atomic E-state index is 0.147. The van der Waals surface area contributed by atoms with Gasteiger partial charge in [0.2, 0.25) is 0 Å². The summed E-state index contributed by atoms with van der Waals surface area (Å²) in [6.45, 7) is 17.9. The average Bonchev–Trinajstić information content (AvgIpc) is 3.38. The molecule has 4 fully saturated rings. The van der Waals surface area contributed by atoms with E-state index in [-0.39, 0.29) is 52.9 Å². The standard InChI is InChI=1S/C34H70N8O8/c43-30(18-39-10-1-2-35-3-11-39)22-47-26-34(27-48-23-31(44)19-40-12-4-36-5-13-40,28-49-24-32(45)20-41-14-6-37-7-15-41)29-50-25-33(46)21-42-16-8-38-9-17-42/h30-33,35-38,43-46H,1-29H2. The summed E-state index contributed by atoms with van der Waals surface area (Å²) in [5.41, 5.74) is -0.801. The maximum absolute atomic E-state index is 10.9. The number of hydrogen-bond acceptors (Lipinski definition) is 16. The van der Waals surface area contributed by atoms with Crippen LogP contribution in [0.4, 0.5) is 0 Å². The van der Waals surface area contributed by atoms with Gasteiger partial charge in [-0.2, -0.15) is 0 Å². The van der Waals surface area contributed by atoms with Gasteiger partial charge < -0.3 is 60.6 Å². The summed E-state index contributed by atoms with van der Waals surface area (Å²) < 4.78 is 24.8. The topological polar surface area (TPSA) is 179 Å². The van der Waals surface area contributed by atoms with Gasteiger partial charge in [0.15, 0.2) is 0 Å². The summed E-state index contributed by atoms with van der Waals surface area (Å²) in [5, 5.41) is 56.8. The lowest BCUT2D eigenvalue weighted by Gasteiger charge is -2.35. The summed E-state index contributed by atoms with van der Waals surface area (Å²) in [6, 6.07) is 0. The fourth-order valence-electron chi connectivity index (χ4n) is 7.06. The highest BCUT2D eigenvalue weighted by Gasteiger charge is 2.34. The summed E-state index contributed by atoms with van der Waals surface area (Å²) in [5.74, 6) is 0. The van der Waals surface area contributed by atoms with Crippen molar-refractivity contribution in [2.24, 2.45) is 5.41 Å². The molecule has 0 aromatic rings. The lowest BCUT2D eigenvalue weighted by atomic mass is 9.92. The average molecular weight is 719 g/mol. The highest BCUT2D eigenvalue weighted by atomic mass is 16.5. The van der Waals surface area contributed by atoms with Crippen molar-refractivity contribution >= 4 is 0 Å². The van der Waals surface area contributed by atoms with Gasteiger partial charge in [-0.25, -0.2) is 0 Å². The Morgan fingerprint density at radius 2 is 0.660 bits per heavy atom. The van der Waals surface area contributed by atoms with Gasteiger partial charge in [-0.05, 0) is 19.5 Å². The van der Waals surface area contributed by atoms with Gasteiger partial charge in [-0.1, -0.05) is 0 Å². The Morgan fingerprint density at radius 1 is 0.400 bits per heavy atom. The smallest absolute Gasteiger partial charge is 0.0900 e. The lowest BCUT2D eigenvalue weighted by molar-refractivity contribution is -0.134. The predicted molar refractivity (Wildman–Crippen MR) is 192 cm³/mol. The molecular formula is C34H70N8O8. The fraction of sp³-hybridized carbons (Fsp3) is 1.00. The highest BCUT2D eigenvalue weighted by Crippen LogP contribution is 2.22. The highest BCUT2D eigenvalue weighted by molar-refractivity contribution is 4.82. The second-order valence-electron chi connectivity index (χ2n) is 14.7. The second-order valence-corrected chi connectivity index (χ2v) is 14.7. The third kappa shape index (κ3) is 17.5. The second kappa shape index (κ2) is 24.6. The minimum Gasteiger partial charge on any atom is -0.389 e. The largest absolute Gasteiger partial charge is 0.389 e. The normalized spacial score (nSPS) is 24.7. The summed E-state index contributed by atoms with van der Waals surface area (Å²) in [6.07, 6.45) is -1.57. The molecule has 4 aliphatic heterocycles. The first kappa shape index (κ1) is 42.1. The third-order valence-electron chi connectivity index (χ3n) is 9.81. The number of aliphatic hydroxyl groups excluding tert-OH is 4. The molecule has 4 rings (SSSR count). The number of hydrogen-bond donors (Lipinski definition) is 8. The van der Waals surface area contributed by atoms with E-state index in [0.717, 1.165) is 111 Å². The maximum Gasteiger partial charge on any atom is 0.0900 e. The molecule has 16 nitrogen and oxygen atoms in total. The molecule has 4 unspecified atom stereocenters. The van der Waals surface area contributed by atoms with Crippen LogP contribution in [-0.4, -0.2) is 248 Å². The number of nitrogens with one attached hydrogen (secondary N) is 4. The van der Waals surface area contributed by atoms with Crippen molar-refractivity contribution in [3.8, 4) is 0 Å². The zero-order chi connectivity index (χ0) is 35.3. The molecule has 0 amide bonds. The molecule has 294 valence electrons. The van der Waals surface area contributed by atoms with Crippen LogP contribution in [0.25, 0.3) is 0 Å². The van der Waals surface area contributed by atoms with Crippen molar-refractivity contribution in [3.05, 3.63) is 0 Å². The molecule has 0 aromatic heterocycles. The van der Waals surface area contributed by atoms with E-state index in [1.54, 1.807) is 0 Å². The van der Waals surface area contributed by atoms with Crippen LogP contribution >= 0.6 is 0 Å². The summed E-state index contributed by atoms with van der Waals surface area (Å²) in [4.78, 5) is 8.95. The maximum atomic E-state index is 10.9. The number of β-amino-alcohol motifs (C(OH)–C–C–N with tert-alkyl or cyclic N) is 4. The first-order valence-corrected chi connectivity index (χ1v) is 19.1. The molecule has 0 spiro atoms. The van der Waals surface area contributed by atoms with Crippen LogP contribution in [0.15, 0.2) is 0 Å². The molecule has 4 saturated heterocycles. The van der Waals surface area contributed by atoms with Gasteiger partial charge in [0.25, 0.3) is 0 Å². The number of ether oxygens (including phenoxy) is 4. The van der Waals surface area contributed by atoms with Crippen LogP contribution in [0.2, 0.25) is 0 Å². The third-order valence-corrected chi connectivity index (χ3v) is 9.81. The number of nitrogens with zero attached hydrogens (tertiary/aromatic N) is 4. The van der Waals surface area contributed by atoms with Crippen molar-refractivity contribution < 1.29 is 39.4 Å². The van der Waals surface area contributed by atoms with Gasteiger partial charge in [0, 0.05) is 118 Å². The number of aliphatic hydroxyl groups is 4. The predicted octanol–water partition coefficient (Wildman–Crippen LogP) is -4.51. The number of rotatable bonds is 24. The van der Waals surface area contributed by atoms with Crippen molar-refractivity contribution in [2.45, 2.75) is 30.8 Å². The first-order chi connectivity index (χ1) is 24.4. The molecule has 0 bridgehead atoms. The molecule has 0 aromatic carbocycles. The molecule has 4 heterocycles. The van der Waals surface area contributed by atoms with Crippen LogP contribution in [0, 0.1) is 5.41 Å². The van der Waals surface area contributed by atoms with E-state index in [9.17, 15) is 20.4 Å². The zero-order valence-electron chi connectivity index (χ0n) is 30.5. The van der Waals surface area contributed by atoms with Crippen LogP contribution in [0.1, 0.15) is 6.42 Å². The SMILES string of the molecule is OC(COCC(COCC(O)CN1CCNCC1)(COCC(O)CN1CCNCC1)COCC(O)CN1CCNCC1)CN1CCCNCC1. The van der Waals surface area contributed by atoms with Gasteiger partial charge in [0.1, 0.15) is 0 Å². The Balaban J connectivity index is 1.35. The van der Waals surface area contributed by atoms with Crippen LogP contribution in [-0.2, 0) is 18.9 Å². The van der Waals surface area contributed by atoms with Crippen molar-refractivity contribution in [1.29, 1.82) is 0 Å². The molecule has 8 N–H and O–H groups in total. The van der Waals surface area contributed by atoms with E-state index in [4.69, 9.17) is 18.9 Å². The van der Waals surface area contributed by atoms with Crippen LogP contribution < -0.4 is 21.3 Å². The minimum atomic E-state index is -0.801. The molecule has 0 saturated carbocycles. The first-order valence-electron chi connectivity index (χ1n) is 19.1. The van der Waals surface area contributed by atoms with E-state index in [0.29, 0.717) is 26.2 Å². The summed E-state index contributed by atoms with van der Waals surface area (Å²) >= 11 is 0.